The topological polar surface area (TPSA) is 74.1 Å². The Hall–Kier alpha value is -3.52. The number of aryl methyl sites for hydroxylation is 2. The largest absolute Gasteiger partial charge is 0.493 e. The Morgan fingerprint density at radius 2 is 1.82 bits per heavy atom. The van der Waals surface area contributed by atoms with Crippen LogP contribution >= 0.6 is 11.3 Å². The van der Waals surface area contributed by atoms with Crippen molar-refractivity contribution in [3.63, 3.8) is 0 Å². The van der Waals surface area contributed by atoms with E-state index in [0.29, 0.717) is 36.1 Å². The zero-order valence-electron chi connectivity index (χ0n) is 20.1. The van der Waals surface area contributed by atoms with Crippen LogP contribution in [0, 0.1) is 13.8 Å². The number of esters is 1. The number of anilines is 1. The number of aromatic nitrogens is 2. The minimum atomic E-state index is -0.329. The highest BCUT2D eigenvalue weighted by Gasteiger charge is 2.24. The van der Waals surface area contributed by atoms with E-state index >= 15 is 0 Å². The number of methoxy groups -OCH3 is 1. The summed E-state index contributed by atoms with van der Waals surface area (Å²) in [4.78, 5) is 18.7. The van der Waals surface area contributed by atoms with Crippen LogP contribution in [0.3, 0.4) is 0 Å². The Morgan fingerprint density at radius 3 is 2.50 bits per heavy atom. The number of rotatable bonds is 9. The monoisotopic (exact) mass is 479 g/mol. The summed E-state index contributed by atoms with van der Waals surface area (Å²) in [6.45, 7) is 9.21. The van der Waals surface area contributed by atoms with E-state index in [0.717, 1.165) is 33.3 Å². The van der Waals surface area contributed by atoms with Crippen molar-refractivity contribution >= 4 is 28.1 Å². The molecule has 8 heteroatoms. The Labute approximate surface area is 203 Å². The molecule has 7 nitrogen and oxygen atoms in total. The molecule has 4 aromatic rings. The standard InChI is InChI=1S/C26H29N3O4S/c1-6-32-20-13-12-19(14-21(20)31-5)22-24(27-15-18-10-8-16(3)9-11-18)29-17(4)23(25(30)33-7-2)34-26(29)28-22/h8-14,27H,6-7,15H2,1-5H3. The fourth-order valence-corrected chi connectivity index (χ4v) is 4.80. The molecule has 0 aliphatic rings. The molecule has 0 unspecified atom stereocenters. The Bertz CT molecular complexity index is 1310. The third kappa shape index (κ3) is 4.59. The normalized spacial score (nSPS) is 11.0. The maximum Gasteiger partial charge on any atom is 0.350 e. The van der Waals surface area contributed by atoms with Gasteiger partial charge in [-0.2, -0.15) is 0 Å². The minimum absolute atomic E-state index is 0.328. The molecule has 34 heavy (non-hydrogen) atoms. The number of imidazole rings is 1. The molecule has 2 aromatic carbocycles. The van der Waals surface area contributed by atoms with Crippen molar-refractivity contribution in [2.45, 2.75) is 34.2 Å². The van der Waals surface area contributed by atoms with Gasteiger partial charge >= 0.3 is 5.97 Å². The van der Waals surface area contributed by atoms with E-state index in [2.05, 4.69) is 36.5 Å². The van der Waals surface area contributed by atoms with Gasteiger partial charge in [-0.3, -0.25) is 4.40 Å². The molecule has 0 saturated heterocycles. The summed E-state index contributed by atoms with van der Waals surface area (Å²) in [7, 11) is 1.62. The summed E-state index contributed by atoms with van der Waals surface area (Å²) in [5.41, 5.74) is 4.82. The van der Waals surface area contributed by atoms with Gasteiger partial charge in [0.2, 0.25) is 0 Å². The van der Waals surface area contributed by atoms with Crippen LogP contribution in [0.2, 0.25) is 0 Å². The van der Waals surface area contributed by atoms with Crippen molar-refractivity contribution in [2.24, 2.45) is 0 Å². The van der Waals surface area contributed by atoms with Crippen LogP contribution in [0.25, 0.3) is 16.2 Å². The molecule has 0 spiro atoms. The van der Waals surface area contributed by atoms with Gasteiger partial charge in [-0.05, 0) is 51.5 Å². The number of hydrogen-bond acceptors (Lipinski definition) is 7. The number of nitrogens with one attached hydrogen (secondary N) is 1. The predicted molar refractivity (Wildman–Crippen MR) is 135 cm³/mol. The highest BCUT2D eigenvalue weighted by Crippen LogP contribution is 2.38. The molecule has 2 aromatic heterocycles. The Kier molecular flexibility index (Phi) is 7.07. The lowest BCUT2D eigenvalue weighted by molar-refractivity contribution is 0.0531. The van der Waals surface area contributed by atoms with Crippen LogP contribution in [0.1, 0.15) is 40.3 Å². The second-order valence-corrected chi connectivity index (χ2v) is 8.78. The van der Waals surface area contributed by atoms with Crippen LogP contribution in [0.5, 0.6) is 11.5 Å². The van der Waals surface area contributed by atoms with E-state index in [4.69, 9.17) is 19.2 Å². The molecular weight excluding hydrogens is 450 g/mol. The third-order valence-electron chi connectivity index (χ3n) is 5.48. The first-order chi connectivity index (χ1) is 16.5. The lowest BCUT2D eigenvalue weighted by Gasteiger charge is -2.13. The number of nitrogens with zero attached hydrogens (tertiary/aromatic N) is 2. The van der Waals surface area contributed by atoms with Gasteiger partial charge in [-0.1, -0.05) is 41.2 Å². The maximum atomic E-state index is 12.5. The summed E-state index contributed by atoms with van der Waals surface area (Å²) in [6, 6.07) is 14.2. The van der Waals surface area contributed by atoms with Gasteiger partial charge in [0.1, 0.15) is 16.4 Å². The molecule has 0 amide bonds. The molecule has 0 atom stereocenters. The summed E-state index contributed by atoms with van der Waals surface area (Å²) >= 11 is 1.33. The van der Waals surface area contributed by atoms with Crippen molar-refractivity contribution < 1.29 is 19.0 Å². The number of thiazole rings is 1. The number of hydrogen-bond donors (Lipinski definition) is 1. The first-order valence-corrected chi connectivity index (χ1v) is 12.1. The second kappa shape index (κ2) is 10.2. The zero-order valence-corrected chi connectivity index (χ0v) is 20.9. The first-order valence-electron chi connectivity index (χ1n) is 11.3. The summed E-state index contributed by atoms with van der Waals surface area (Å²) in [6.07, 6.45) is 0. The number of carbonyl (C=O) groups excluding carboxylic acids is 1. The zero-order chi connectivity index (χ0) is 24.2. The van der Waals surface area contributed by atoms with Crippen molar-refractivity contribution in [3.8, 4) is 22.8 Å². The van der Waals surface area contributed by atoms with Crippen LogP contribution in [0.15, 0.2) is 42.5 Å². The predicted octanol–water partition coefficient (Wildman–Crippen LogP) is 5.88. The summed E-state index contributed by atoms with van der Waals surface area (Å²) < 4.78 is 18.5. The van der Waals surface area contributed by atoms with Crippen molar-refractivity contribution in [1.82, 2.24) is 9.38 Å². The lowest BCUT2D eigenvalue weighted by atomic mass is 10.1. The summed E-state index contributed by atoms with van der Waals surface area (Å²) in [5.74, 6) is 1.81. The molecule has 0 aliphatic heterocycles. The quantitative estimate of drug-likeness (QED) is 0.302. The van der Waals surface area contributed by atoms with Gasteiger partial charge in [0.25, 0.3) is 0 Å². The average Bonchev–Trinajstić information content (AvgIpc) is 3.36. The van der Waals surface area contributed by atoms with Crippen molar-refractivity contribution in [3.05, 3.63) is 64.2 Å². The van der Waals surface area contributed by atoms with Gasteiger partial charge in [-0.15, -0.1) is 0 Å². The molecule has 178 valence electrons. The van der Waals surface area contributed by atoms with Crippen LogP contribution in [0.4, 0.5) is 5.82 Å². The second-order valence-electron chi connectivity index (χ2n) is 7.80. The van der Waals surface area contributed by atoms with Crippen molar-refractivity contribution in [1.29, 1.82) is 0 Å². The molecule has 0 fully saturated rings. The molecule has 2 heterocycles. The van der Waals surface area contributed by atoms with Gasteiger partial charge in [0, 0.05) is 17.8 Å². The SMILES string of the molecule is CCOC(=O)c1sc2nc(-c3ccc(OCC)c(OC)c3)c(NCc3ccc(C)cc3)n2c1C. The van der Waals surface area contributed by atoms with Crippen LogP contribution in [-0.4, -0.2) is 35.7 Å². The fourth-order valence-electron chi connectivity index (χ4n) is 3.78. The van der Waals surface area contributed by atoms with Gasteiger partial charge in [-0.25, -0.2) is 9.78 Å². The summed E-state index contributed by atoms with van der Waals surface area (Å²) in [5, 5.41) is 3.56. The van der Waals surface area contributed by atoms with Crippen molar-refractivity contribution in [2.75, 3.05) is 25.6 Å². The van der Waals surface area contributed by atoms with E-state index in [1.165, 1.54) is 16.9 Å². The number of fused-ring (bicyclic) bond motifs is 1. The number of benzene rings is 2. The Balaban J connectivity index is 1.81. The highest BCUT2D eigenvalue weighted by atomic mass is 32.1. The molecular formula is C26H29N3O4S. The van der Waals surface area contributed by atoms with Crippen LogP contribution < -0.4 is 14.8 Å². The van der Waals surface area contributed by atoms with Crippen LogP contribution in [-0.2, 0) is 11.3 Å². The molecule has 0 radical (unpaired) electrons. The van der Waals surface area contributed by atoms with E-state index in [1.807, 2.05) is 36.4 Å². The van der Waals surface area contributed by atoms with E-state index in [1.54, 1.807) is 14.0 Å². The number of carbonyl (C=O) groups is 1. The number of ether oxygens (including phenoxy) is 3. The lowest BCUT2D eigenvalue weighted by Crippen LogP contribution is -2.07. The molecule has 0 bridgehead atoms. The molecule has 0 aliphatic carbocycles. The van der Waals surface area contributed by atoms with Gasteiger partial charge in [0.05, 0.1) is 20.3 Å². The molecule has 4 rings (SSSR count). The third-order valence-corrected chi connectivity index (χ3v) is 6.60. The highest BCUT2D eigenvalue weighted by molar-refractivity contribution is 7.19. The minimum Gasteiger partial charge on any atom is -0.493 e. The molecule has 0 saturated carbocycles. The maximum absolute atomic E-state index is 12.5. The van der Waals surface area contributed by atoms with Gasteiger partial charge in [0.15, 0.2) is 16.5 Å². The van der Waals surface area contributed by atoms with E-state index < -0.39 is 0 Å². The van der Waals surface area contributed by atoms with E-state index in [9.17, 15) is 4.79 Å². The van der Waals surface area contributed by atoms with E-state index in [-0.39, 0.29) is 5.97 Å². The van der Waals surface area contributed by atoms with Gasteiger partial charge < -0.3 is 19.5 Å². The first kappa shape index (κ1) is 23.6. The Morgan fingerprint density at radius 1 is 1.06 bits per heavy atom. The fraction of sp³-hybridized carbons (Fsp3) is 0.308. The average molecular weight is 480 g/mol. The molecule has 1 N–H and O–H groups in total. The smallest absolute Gasteiger partial charge is 0.350 e.